The number of rotatable bonds is 2. The predicted octanol–water partition coefficient (Wildman–Crippen LogP) is 8.35. The molecule has 31 heavy (non-hydrogen) atoms. The van der Waals surface area contributed by atoms with Crippen molar-refractivity contribution >= 4 is 20.7 Å². The summed E-state index contributed by atoms with van der Waals surface area (Å²) in [6, 6.07) is 34.7. The third-order valence-electron chi connectivity index (χ3n) is 7.32. The van der Waals surface area contributed by atoms with Crippen molar-refractivity contribution in [1.29, 1.82) is 0 Å². The third kappa shape index (κ3) is 2.61. The van der Waals surface area contributed by atoms with Gasteiger partial charge < -0.3 is 0 Å². The minimum absolute atomic E-state index is 0.0198. The molecule has 4 aromatic rings. The molecule has 0 spiro atoms. The Hall–Kier alpha value is -1.79. The van der Waals surface area contributed by atoms with Gasteiger partial charge in [-0.1, -0.05) is 0 Å². The van der Waals surface area contributed by atoms with E-state index in [2.05, 4.69) is 108 Å². The molecule has 0 saturated heterocycles. The number of hydrogen-bond donors (Lipinski definition) is 0. The van der Waals surface area contributed by atoms with Gasteiger partial charge in [0.2, 0.25) is 0 Å². The van der Waals surface area contributed by atoms with E-state index in [0.29, 0.717) is 0 Å². The Morgan fingerprint density at radius 3 is 1.03 bits per heavy atom. The molecule has 2 aliphatic rings. The van der Waals surface area contributed by atoms with Gasteiger partial charge in [0, 0.05) is 0 Å². The first-order valence-electron chi connectivity index (χ1n) is 10.8. The average Bonchev–Trinajstić information content (AvgIpc) is 3.34. The SMILES string of the molecule is C[CH]=[Zr]([Cl])([Cl])([CH]1c2ccccc2-c2ccccc21)[CH]1c2ccccc2-c2ccccc21. The van der Waals surface area contributed by atoms with Crippen molar-refractivity contribution in [1.82, 2.24) is 0 Å². The topological polar surface area (TPSA) is 0 Å². The quantitative estimate of drug-likeness (QED) is 0.249. The molecule has 0 heterocycles. The van der Waals surface area contributed by atoms with Crippen LogP contribution in [-0.2, 0) is 15.9 Å². The van der Waals surface area contributed by atoms with Crippen LogP contribution in [0, 0.1) is 0 Å². The number of fused-ring (bicyclic) bond motifs is 6. The van der Waals surface area contributed by atoms with E-state index in [1.165, 1.54) is 44.5 Å². The maximum atomic E-state index is 8.02. The summed E-state index contributed by atoms with van der Waals surface area (Å²) in [7, 11) is 16.0. The van der Waals surface area contributed by atoms with E-state index in [-0.39, 0.29) is 7.25 Å². The molecule has 152 valence electrons. The van der Waals surface area contributed by atoms with Crippen LogP contribution in [0.2, 0.25) is 0 Å². The summed E-state index contributed by atoms with van der Waals surface area (Å²) in [4.78, 5) is 0. The molecular formula is C28H22Cl2Zr. The van der Waals surface area contributed by atoms with Crippen molar-refractivity contribution in [2.45, 2.75) is 14.2 Å². The summed E-state index contributed by atoms with van der Waals surface area (Å²) in [5, 5.41) is 0. The summed E-state index contributed by atoms with van der Waals surface area (Å²) in [6.45, 7) is 2.10. The molecule has 0 aliphatic heterocycles. The molecule has 0 radical (unpaired) electrons. The Morgan fingerprint density at radius 1 is 0.516 bits per heavy atom. The van der Waals surface area contributed by atoms with Gasteiger partial charge in [0.15, 0.2) is 0 Å². The molecule has 4 aromatic carbocycles. The van der Waals surface area contributed by atoms with Gasteiger partial charge in [0.05, 0.1) is 0 Å². The van der Waals surface area contributed by atoms with Crippen LogP contribution >= 0.6 is 17.0 Å². The van der Waals surface area contributed by atoms with Crippen molar-refractivity contribution in [3.8, 4) is 22.3 Å². The molecular weight excluding hydrogens is 498 g/mol. The molecule has 0 amide bonds. The van der Waals surface area contributed by atoms with Crippen molar-refractivity contribution in [2.24, 2.45) is 0 Å². The second-order valence-electron chi connectivity index (χ2n) is 8.73. The minimum atomic E-state index is -4.74. The Bertz CT molecular complexity index is 1230. The van der Waals surface area contributed by atoms with E-state index in [9.17, 15) is 0 Å². The molecule has 0 unspecified atom stereocenters. The van der Waals surface area contributed by atoms with E-state index in [4.69, 9.17) is 17.0 Å². The Kier molecular flexibility index (Phi) is 4.39. The molecule has 0 N–H and O–H groups in total. The summed E-state index contributed by atoms with van der Waals surface area (Å²) >= 11 is -4.74. The van der Waals surface area contributed by atoms with E-state index in [1.54, 1.807) is 0 Å². The van der Waals surface area contributed by atoms with Gasteiger partial charge in [-0.15, -0.1) is 0 Å². The van der Waals surface area contributed by atoms with Gasteiger partial charge in [0.1, 0.15) is 0 Å². The molecule has 0 saturated carbocycles. The fourth-order valence-electron chi connectivity index (χ4n) is 6.00. The van der Waals surface area contributed by atoms with E-state index >= 15 is 0 Å². The van der Waals surface area contributed by atoms with Crippen LogP contribution in [0.3, 0.4) is 0 Å². The second kappa shape index (κ2) is 6.85. The fraction of sp³-hybridized carbons (Fsp3) is 0.107. The Labute approximate surface area is 191 Å². The first kappa shape index (κ1) is 19.9. The zero-order chi connectivity index (χ0) is 21.2. The van der Waals surface area contributed by atoms with Gasteiger partial charge in [-0.2, -0.15) is 0 Å². The van der Waals surface area contributed by atoms with Crippen LogP contribution in [-0.4, -0.2) is 3.71 Å². The summed E-state index contributed by atoms with van der Waals surface area (Å²) in [6.07, 6.45) is 0. The van der Waals surface area contributed by atoms with Gasteiger partial charge in [-0.3, -0.25) is 0 Å². The van der Waals surface area contributed by atoms with Crippen LogP contribution < -0.4 is 0 Å². The van der Waals surface area contributed by atoms with Gasteiger partial charge >= 0.3 is 192 Å². The van der Waals surface area contributed by atoms with Crippen LogP contribution in [0.5, 0.6) is 0 Å². The molecule has 0 nitrogen and oxygen atoms in total. The van der Waals surface area contributed by atoms with E-state index < -0.39 is 15.9 Å². The standard InChI is InChI=1S/2C13H9.C2H4.2ClH.Zr/c2*1-3-7-12-10(5-1)9-11-6-2-4-8-13(11)12;1-2;;;/h2*1-9H;1H,2H3;2*1H;/q;;;;;+2/p-2. The zero-order valence-electron chi connectivity index (χ0n) is 17.2. The van der Waals surface area contributed by atoms with Crippen LogP contribution in [0.4, 0.5) is 0 Å². The van der Waals surface area contributed by atoms with Crippen molar-refractivity contribution in [2.75, 3.05) is 0 Å². The normalized spacial score (nSPS) is 15.2. The van der Waals surface area contributed by atoms with E-state index in [0.717, 1.165) is 0 Å². The first-order valence-corrected chi connectivity index (χ1v) is 21.4. The maximum absolute atomic E-state index is 8.02. The van der Waals surface area contributed by atoms with E-state index in [1.807, 2.05) is 0 Å². The van der Waals surface area contributed by atoms with Crippen LogP contribution in [0.25, 0.3) is 22.3 Å². The molecule has 0 bridgehead atoms. The van der Waals surface area contributed by atoms with Crippen molar-refractivity contribution in [3.63, 3.8) is 0 Å². The number of halogens is 2. The molecule has 0 fully saturated rings. The van der Waals surface area contributed by atoms with Crippen molar-refractivity contribution in [3.05, 3.63) is 119 Å². The zero-order valence-corrected chi connectivity index (χ0v) is 21.2. The number of benzene rings is 4. The monoisotopic (exact) mass is 518 g/mol. The molecule has 0 atom stereocenters. The van der Waals surface area contributed by atoms with Gasteiger partial charge in [0.25, 0.3) is 0 Å². The number of hydrogen-bond acceptors (Lipinski definition) is 0. The Balaban J connectivity index is 1.71. The first-order chi connectivity index (χ1) is 15.0. The van der Waals surface area contributed by atoms with Gasteiger partial charge in [-0.05, 0) is 0 Å². The molecule has 2 aliphatic carbocycles. The summed E-state index contributed by atoms with van der Waals surface area (Å²) < 4.78 is 2.27. The Morgan fingerprint density at radius 2 is 0.774 bits per heavy atom. The predicted molar refractivity (Wildman–Crippen MR) is 131 cm³/mol. The van der Waals surface area contributed by atoms with Crippen molar-refractivity contribution < 1.29 is 15.9 Å². The fourth-order valence-corrected chi connectivity index (χ4v) is 22.3. The summed E-state index contributed by atoms with van der Waals surface area (Å²) in [5.74, 6) is 0. The van der Waals surface area contributed by atoms with Crippen LogP contribution in [0.1, 0.15) is 36.4 Å². The third-order valence-corrected chi connectivity index (χ3v) is 26.3. The molecule has 6 rings (SSSR count). The average molecular weight is 521 g/mol. The second-order valence-corrected chi connectivity index (χ2v) is 30.1. The van der Waals surface area contributed by atoms with Gasteiger partial charge in [-0.25, -0.2) is 0 Å². The molecule has 3 heteroatoms. The molecule has 0 aromatic heterocycles. The van der Waals surface area contributed by atoms with Crippen LogP contribution in [0.15, 0.2) is 97.1 Å². The summed E-state index contributed by atoms with van der Waals surface area (Å²) in [5.41, 5.74) is 10.2.